The zero-order valence-electron chi connectivity index (χ0n) is 21.7. The first-order chi connectivity index (χ1) is 17.6. The second kappa shape index (κ2) is 11.2. The van der Waals surface area contributed by atoms with Crippen molar-refractivity contribution in [3.05, 3.63) is 35.1 Å². The Labute approximate surface area is 217 Å². The van der Waals surface area contributed by atoms with Gasteiger partial charge in [0.05, 0.1) is 12.1 Å². The minimum Gasteiger partial charge on any atom is -0.444 e. The van der Waals surface area contributed by atoms with E-state index >= 15 is 0 Å². The Balaban J connectivity index is 1.46. The van der Waals surface area contributed by atoms with Gasteiger partial charge >= 0.3 is 6.09 Å². The van der Waals surface area contributed by atoms with Crippen molar-refractivity contribution in [2.24, 2.45) is 0 Å². The summed E-state index contributed by atoms with van der Waals surface area (Å²) in [6.45, 7) is 6.31. The van der Waals surface area contributed by atoms with Crippen LogP contribution in [0.2, 0.25) is 0 Å². The average molecular weight is 514 g/mol. The molecule has 1 aliphatic carbocycles. The molecule has 2 N–H and O–H groups in total. The molecule has 3 aliphatic rings. The van der Waals surface area contributed by atoms with Crippen LogP contribution >= 0.6 is 0 Å². The van der Waals surface area contributed by atoms with E-state index in [0.717, 1.165) is 36.7 Å². The maximum atomic E-state index is 13.6. The van der Waals surface area contributed by atoms with Crippen molar-refractivity contribution >= 4 is 18.3 Å². The molecule has 4 rings (SSSR count). The van der Waals surface area contributed by atoms with Crippen LogP contribution in [0.5, 0.6) is 0 Å². The molecule has 0 saturated carbocycles. The lowest BCUT2D eigenvalue weighted by Crippen LogP contribution is -2.56. The van der Waals surface area contributed by atoms with Gasteiger partial charge < -0.3 is 25.1 Å². The van der Waals surface area contributed by atoms with Gasteiger partial charge in [0.2, 0.25) is 5.91 Å². The Morgan fingerprint density at radius 1 is 1.32 bits per heavy atom. The van der Waals surface area contributed by atoms with E-state index in [4.69, 9.17) is 4.74 Å². The molecule has 2 aliphatic heterocycles. The molecule has 37 heavy (non-hydrogen) atoms. The summed E-state index contributed by atoms with van der Waals surface area (Å²) in [5, 5.41) is 15.8. The third-order valence-corrected chi connectivity index (χ3v) is 7.32. The van der Waals surface area contributed by atoms with Crippen molar-refractivity contribution in [2.45, 2.75) is 88.7 Å². The van der Waals surface area contributed by atoms with E-state index in [1.165, 1.54) is 11.0 Å². The highest BCUT2D eigenvalue weighted by molar-refractivity contribution is 5.86. The lowest BCUT2D eigenvalue weighted by Gasteiger charge is -2.31. The van der Waals surface area contributed by atoms with Crippen molar-refractivity contribution < 1.29 is 23.5 Å². The van der Waals surface area contributed by atoms with Crippen molar-refractivity contribution in [2.75, 3.05) is 19.6 Å². The van der Waals surface area contributed by atoms with Crippen molar-refractivity contribution in [1.82, 2.24) is 20.4 Å². The number of nitrogens with zero attached hydrogens (tertiary/aromatic N) is 3. The van der Waals surface area contributed by atoms with E-state index in [1.54, 1.807) is 26.8 Å². The van der Waals surface area contributed by atoms with Gasteiger partial charge in [-0.25, -0.2) is 9.18 Å². The molecule has 0 bridgehead atoms. The number of rotatable bonds is 7. The number of ether oxygens (including phenoxy) is 1. The summed E-state index contributed by atoms with van der Waals surface area (Å²) in [6, 6.07) is 5.20. The fraction of sp³-hybridized carbons (Fsp3) is 0.630. The minimum atomic E-state index is -0.958. The van der Waals surface area contributed by atoms with Crippen LogP contribution in [-0.2, 0) is 20.7 Å². The Kier molecular flexibility index (Phi) is 8.14. The fourth-order valence-electron chi connectivity index (χ4n) is 5.68. The summed E-state index contributed by atoms with van der Waals surface area (Å²) in [5.41, 5.74) is 1.34. The minimum absolute atomic E-state index is 0.00729. The van der Waals surface area contributed by atoms with Crippen molar-refractivity contribution in [3.63, 3.8) is 0 Å². The summed E-state index contributed by atoms with van der Waals surface area (Å²) in [5.74, 6) is -0.583. The smallest absolute Gasteiger partial charge is 0.408 e. The first-order valence-corrected chi connectivity index (χ1v) is 13.0. The van der Waals surface area contributed by atoms with E-state index in [2.05, 4.69) is 16.7 Å². The Morgan fingerprint density at radius 2 is 2.11 bits per heavy atom. The lowest BCUT2D eigenvalue weighted by molar-refractivity contribution is -0.134. The van der Waals surface area contributed by atoms with E-state index in [9.17, 15) is 24.0 Å². The standard InChI is InChI=1S/C27H36FN5O4/c1-27(2,3)37-26(36)31-24(25(35)33-10-4-5-20(33)13-29)15-32-14-19(12-21(32)16-34)30-23-9-6-17-11-18(28)7-8-22(17)23/h7-8,11,16,19-21,23-24,30H,4-6,9-10,12,14-15H2,1-3H3,(H,31,36)/t19-,20?,21?,23?,24?/m0/s1. The maximum Gasteiger partial charge on any atom is 0.408 e. The zero-order chi connectivity index (χ0) is 26.7. The zero-order valence-corrected chi connectivity index (χ0v) is 21.7. The third-order valence-electron chi connectivity index (χ3n) is 7.32. The van der Waals surface area contributed by atoms with Crippen LogP contribution in [0.3, 0.4) is 0 Å². The number of likely N-dealkylation sites (tertiary alicyclic amines) is 2. The molecule has 10 heteroatoms. The Morgan fingerprint density at radius 3 is 2.81 bits per heavy atom. The summed E-state index contributed by atoms with van der Waals surface area (Å²) < 4.78 is 19.0. The molecule has 1 aromatic rings. The second-order valence-electron chi connectivity index (χ2n) is 11.2. The van der Waals surface area contributed by atoms with E-state index in [0.29, 0.717) is 25.9 Å². The van der Waals surface area contributed by atoms with Crippen LogP contribution in [-0.4, -0.2) is 77.5 Å². The van der Waals surface area contributed by atoms with E-state index in [1.807, 2.05) is 11.0 Å². The number of benzene rings is 1. The van der Waals surface area contributed by atoms with Gasteiger partial charge in [-0.15, -0.1) is 0 Å². The molecule has 2 saturated heterocycles. The summed E-state index contributed by atoms with van der Waals surface area (Å²) in [4.78, 5) is 41.5. The van der Waals surface area contributed by atoms with Crippen LogP contribution in [0.1, 0.15) is 63.6 Å². The monoisotopic (exact) mass is 513 g/mol. The molecule has 2 heterocycles. The molecule has 0 radical (unpaired) electrons. The normalized spacial score (nSPS) is 26.4. The topological polar surface area (TPSA) is 115 Å². The molecule has 0 aromatic heterocycles. The van der Waals surface area contributed by atoms with Crippen molar-refractivity contribution in [3.8, 4) is 6.07 Å². The molecule has 5 atom stereocenters. The van der Waals surface area contributed by atoms with Gasteiger partial charge in [0.25, 0.3) is 0 Å². The van der Waals surface area contributed by atoms with Gasteiger partial charge in [0.1, 0.15) is 29.8 Å². The van der Waals surface area contributed by atoms with Gasteiger partial charge in [0, 0.05) is 31.7 Å². The number of alkyl carbamates (subject to hydrolysis) is 1. The number of halogens is 1. The van der Waals surface area contributed by atoms with E-state index < -0.39 is 29.8 Å². The molecular weight excluding hydrogens is 477 g/mol. The molecule has 4 unspecified atom stereocenters. The van der Waals surface area contributed by atoms with Gasteiger partial charge in [-0.05, 0) is 76.1 Å². The number of carbonyl (C=O) groups excluding carboxylic acids is 3. The number of carbonyl (C=O) groups is 3. The molecule has 1 aromatic carbocycles. The first-order valence-electron chi connectivity index (χ1n) is 13.0. The number of fused-ring (bicyclic) bond motifs is 1. The fourth-order valence-corrected chi connectivity index (χ4v) is 5.68. The molecule has 2 fully saturated rings. The maximum absolute atomic E-state index is 13.6. The highest BCUT2D eigenvalue weighted by Gasteiger charge is 2.40. The van der Waals surface area contributed by atoms with Crippen LogP contribution in [0.4, 0.5) is 9.18 Å². The predicted octanol–water partition coefficient (Wildman–Crippen LogP) is 2.45. The molecule has 0 spiro atoms. The Bertz CT molecular complexity index is 1070. The SMILES string of the molecule is CC(C)(C)OC(=O)NC(CN1C[C@@H](NC2CCc3cc(F)ccc32)CC1C=O)C(=O)N1CCCC1C#N. The van der Waals surface area contributed by atoms with Crippen molar-refractivity contribution in [1.29, 1.82) is 5.26 Å². The largest absolute Gasteiger partial charge is 0.444 e. The van der Waals surface area contributed by atoms with Crippen LogP contribution in [0.25, 0.3) is 0 Å². The number of nitriles is 1. The summed E-state index contributed by atoms with van der Waals surface area (Å²) in [7, 11) is 0. The van der Waals surface area contributed by atoms with Crippen LogP contribution in [0, 0.1) is 17.1 Å². The molecular formula is C27H36FN5O4. The second-order valence-corrected chi connectivity index (χ2v) is 11.2. The predicted molar refractivity (Wildman–Crippen MR) is 134 cm³/mol. The highest BCUT2D eigenvalue weighted by atomic mass is 19.1. The van der Waals surface area contributed by atoms with Gasteiger partial charge in [-0.2, -0.15) is 5.26 Å². The molecule has 9 nitrogen and oxygen atoms in total. The Hall–Kier alpha value is -3.03. The molecule has 200 valence electrons. The quantitative estimate of drug-likeness (QED) is 0.538. The third kappa shape index (κ3) is 6.46. The number of amides is 2. The number of hydrogen-bond donors (Lipinski definition) is 2. The van der Waals surface area contributed by atoms with Crippen LogP contribution in [0.15, 0.2) is 18.2 Å². The average Bonchev–Trinajstić information content (AvgIpc) is 3.55. The highest BCUT2D eigenvalue weighted by Crippen LogP contribution is 2.33. The lowest BCUT2D eigenvalue weighted by atomic mass is 10.1. The number of aldehydes is 1. The van der Waals surface area contributed by atoms with Crippen LogP contribution < -0.4 is 10.6 Å². The number of aryl methyl sites for hydroxylation is 1. The van der Waals surface area contributed by atoms with Gasteiger partial charge in [-0.1, -0.05) is 6.07 Å². The summed E-state index contributed by atoms with van der Waals surface area (Å²) >= 11 is 0. The van der Waals surface area contributed by atoms with Gasteiger partial charge in [-0.3, -0.25) is 9.69 Å². The number of nitrogens with one attached hydrogen (secondary N) is 2. The van der Waals surface area contributed by atoms with Gasteiger partial charge in [0.15, 0.2) is 0 Å². The molecule has 2 amide bonds. The first kappa shape index (κ1) is 27.0. The van der Waals surface area contributed by atoms with E-state index in [-0.39, 0.29) is 30.4 Å². The number of hydrogen-bond acceptors (Lipinski definition) is 7. The summed E-state index contributed by atoms with van der Waals surface area (Å²) in [6.07, 6.45) is 3.70.